The Hall–Kier alpha value is -0.660. The van der Waals surface area contributed by atoms with Gasteiger partial charge in [0, 0.05) is 25.5 Å². The van der Waals surface area contributed by atoms with Gasteiger partial charge < -0.3 is 9.80 Å². The molecule has 0 aromatic heterocycles. The van der Waals surface area contributed by atoms with Crippen LogP contribution in [0.25, 0.3) is 0 Å². The zero-order valence-corrected chi connectivity index (χ0v) is 13.4. The van der Waals surface area contributed by atoms with Crippen LogP contribution in [0.2, 0.25) is 0 Å². The highest BCUT2D eigenvalue weighted by Gasteiger charge is 2.24. The van der Waals surface area contributed by atoms with Crippen LogP contribution in [-0.2, 0) is 0 Å². The Bertz CT molecular complexity index is 237. The Morgan fingerprint density at radius 1 is 0.684 bits per heavy atom. The van der Waals surface area contributed by atoms with Gasteiger partial charge in [-0.1, -0.05) is 52.9 Å². The number of hydrogen-bond acceptors (Lipinski definition) is 2. The van der Waals surface area contributed by atoms with Gasteiger partial charge in [-0.05, 0) is 25.7 Å². The molecule has 112 valence electrons. The van der Waals surface area contributed by atoms with Gasteiger partial charge in [-0.3, -0.25) is 0 Å². The normalized spacial score (nSPS) is 18.6. The largest absolute Gasteiger partial charge is 0.356 e. The van der Waals surface area contributed by atoms with E-state index in [-0.39, 0.29) is 0 Å². The van der Waals surface area contributed by atoms with Crippen LogP contribution in [0.5, 0.6) is 0 Å². The Labute approximate surface area is 120 Å². The lowest BCUT2D eigenvalue weighted by Crippen LogP contribution is -2.39. The van der Waals surface area contributed by atoms with E-state index < -0.39 is 0 Å². The molecular formula is C17H34N2. The first-order valence-corrected chi connectivity index (χ1v) is 8.53. The molecule has 1 heterocycles. The summed E-state index contributed by atoms with van der Waals surface area (Å²) in [6.07, 6.45) is 17.4. The van der Waals surface area contributed by atoms with Crippen molar-refractivity contribution in [3.8, 4) is 0 Å². The highest BCUT2D eigenvalue weighted by molar-refractivity contribution is 4.96. The monoisotopic (exact) mass is 266 g/mol. The first-order chi connectivity index (χ1) is 9.33. The first-order valence-electron chi connectivity index (χ1n) is 8.53. The maximum absolute atomic E-state index is 2.58. The predicted octanol–water partition coefficient (Wildman–Crippen LogP) is 4.97. The van der Waals surface area contributed by atoms with Crippen molar-refractivity contribution < 1.29 is 0 Å². The van der Waals surface area contributed by atoms with E-state index in [4.69, 9.17) is 0 Å². The molecule has 19 heavy (non-hydrogen) atoms. The molecule has 0 fully saturated rings. The average molecular weight is 266 g/mol. The molecule has 1 aliphatic heterocycles. The summed E-state index contributed by atoms with van der Waals surface area (Å²) in [5.74, 6) is 0. The van der Waals surface area contributed by atoms with Gasteiger partial charge in [-0.15, -0.1) is 0 Å². The van der Waals surface area contributed by atoms with Crippen molar-refractivity contribution in [3.05, 3.63) is 12.4 Å². The molecule has 0 aromatic rings. The van der Waals surface area contributed by atoms with E-state index in [9.17, 15) is 0 Å². The molecule has 0 amide bonds. The van der Waals surface area contributed by atoms with Crippen LogP contribution in [-0.4, -0.2) is 29.1 Å². The second-order valence-corrected chi connectivity index (χ2v) is 5.81. The summed E-state index contributed by atoms with van der Waals surface area (Å²) < 4.78 is 0. The van der Waals surface area contributed by atoms with E-state index in [0.717, 1.165) is 0 Å². The molecule has 1 aliphatic rings. The van der Waals surface area contributed by atoms with Crippen LogP contribution < -0.4 is 0 Å². The average Bonchev–Trinajstić information content (AvgIpc) is 2.79. The summed E-state index contributed by atoms with van der Waals surface area (Å²) in [4.78, 5) is 5.12. The molecule has 1 atom stereocenters. The summed E-state index contributed by atoms with van der Waals surface area (Å²) in [6.45, 7) is 9.30. The summed E-state index contributed by atoms with van der Waals surface area (Å²) >= 11 is 0. The van der Waals surface area contributed by atoms with E-state index in [2.05, 4.69) is 43.0 Å². The molecule has 0 aliphatic carbocycles. The molecule has 1 unspecified atom stereocenters. The van der Waals surface area contributed by atoms with Crippen molar-refractivity contribution in [2.75, 3.05) is 13.1 Å². The quantitative estimate of drug-likeness (QED) is 0.487. The van der Waals surface area contributed by atoms with Crippen molar-refractivity contribution in [1.29, 1.82) is 0 Å². The molecule has 2 heteroatoms. The summed E-state index contributed by atoms with van der Waals surface area (Å²) in [7, 11) is 0. The Kier molecular flexibility index (Phi) is 8.77. The molecular weight excluding hydrogens is 232 g/mol. The molecule has 0 radical (unpaired) electrons. The van der Waals surface area contributed by atoms with Crippen molar-refractivity contribution in [3.63, 3.8) is 0 Å². The van der Waals surface area contributed by atoms with E-state index in [0.29, 0.717) is 6.17 Å². The maximum atomic E-state index is 2.58. The number of nitrogens with zero attached hydrogens (tertiary/aromatic N) is 2. The fourth-order valence-electron chi connectivity index (χ4n) is 2.88. The number of rotatable bonds is 11. The standard InChI is InChI=1S/C17H34N2/c1-4-7-9-10-11-14-19-16-15-18(13-6-3)17(19)12-8-5-2/h15-17H,4-14H2,1-3H3. The third-order valence-corrected chi connectivity index (χ3v) is 4.03. The Morgan fingerprint density at radius 2 is 1.32 bits per heavy atom. The van der Waals surface area contributed by atoms with Crippen molar-refractivity contribution in [1.82, 2.24) is 9.80 Å². The van der Waals surface area contributed by atoms with E-state index in [1.165, 1.54) is 70.9 Å². The third kappa shape index (κ3) is 5.88. The van der Waals surface area contributed by atoms with Crippen LogP contribution >= 0.6 is 0 Å². The Balaban J connectivity index is 2.31. The van der Waals surface area contributed by atoms with Crippen LogP contribution in [0.4, 0.5) is 0 Å². The second-order valence-electron chi connectivity index (χ2n) is 5.81. The minimum Gasteiger partial charge on any atom is -0.356 e. The zero-order valence-electron chi connectivity index (χ0n) is 13.4. The molecule has 1 rings (SSSR count). The molecule has 2 nitrogen and oxygen atoms in total. The second kappa shape index (κ2) is 10.2. The zero-order chi connectivity index (χ0) is 13.9. The predicted molar refractivity (Wildman–Crippen MR) is 84.9 cm³/mol. The third-order valence-electron chi connectivity index (χ3n) is 4.03. The van der Waals surface area contributed by atoms with Gasteiger partial charge in [-0.25, -0.2) is 0 Å². The van der Waals surface area contributed by atoms with E-state index >= 15 is 0 Å². The number of hydrogen-bond donors (Lipinski definition) is 0. The number of unbranched alkanes of at least 4 members (excludes halogenated alkanes) is 5. The minimum atomic E-state index is 0.645. The van der Waals surface area contributed by atoms with Gasteiger partial charge in [0.15, 0.2) is 0 Å². The summed E-state index contributed by atoms with van der Waals surface area (Å²) in [5.41, 5.74) is 0. The van der Waals surface area contributed by atoms with Crippen LogP contribution in [0, 0.1) is 0 Å². The van der Waals surface area contributed by atoms with E-state index in [1.54, 1.807) is 0 Å². The van der Waals surface area contributed by atoms with Gasteiger partial charge >= 0.3 is 0 Å². The SMILES string of the molecule is CCCCCCCN1C=CN(CCC)C1CCCC. The van der Waals surface area contributed by atoms with Gasteiger partial charge in [0.25, 0.3) is 0 Å². The summed E-state index contributed by atoms with van der Waals surface area (Å²) in [5, 5.41) is 0. The molecule has 0 bridgehead atoms. The van der Waals surface area contributed by atoms with Gasteiger partial charge in [0.2, 0.25) is 0 Å². The lowest BCUT2D eigenvalue weighted by Gasteiger charge is -2.33. The molecule has 0 saturated carbocycles. The first kappa shape index (κ1) is 16.4. The van der Waals surface area contributed by atoms with E-state index in [1.807, 2.05) is 0 Å². The lowest BCUT2D eigenvalue weighted by molar-refractivity contribution is 0.138. The topological polar surface area (TPSA) is 6.48 Å². The molecule has 0 saturated heterocycles. The van der Waals surface area contributed by atoms with Gasteiger partial charge in [-0.2, -0.15) is 0 Å². The van der Waals surface area contributed by atoms with Crippen molar-refractivity contribution >= 4 is 0 Å². The fourth-order valence-corrected chi connectivity index (χ4v) is 2.88. The molecule has 0 aromatic carbocycles. The maximum Gasteiger partial charge on any atom is 0.101 e. The Morgan fingerprint density at radius 3 is 1.95 bits per heavy atom. The smallest absolute Gasteiger partial charge is 0.101 e. The highest BCUT2D eigenvalue weighted by Crippen LogP contribution is 2.22. The highest BCUT2D eigenvalue weighted by atomic mass is 15.4. The van der Waals surface area contributed by atoms with Crippen LogP contribution in [0.3, 0.4) is 0 Å². The lowest BCUT2D eigenvalue weighted by atomic mass is 10.1. The minimum absolute atomic E-state index is 0.645. The van der Waals surface area contributed by atoms with Gasteiger partial charge in [0.1, 0.15) is 6.17 Å². The van der Waals surface area contributed by atoms with Crippen molar-refractivity contribution in [2.45, 2.75) is 84.7 Å². The fraction of sp³-hybridized carbons (Fsp3) is 0.882. The molecule has 0 spiro atoms. The van der Waals surface area contributed by atoms with Crippen LogP contribution in [0.1, 0.15) is 78.6 Å². The molecule has 0 N–H and O–H groups in total. The van der Waals surface area contributed by atoms with Crippen molar-refractivity contribution in [2.24, 2.45) is 0 Å². The van der Waals surface area contributed by atoms with Gasteiger partial charge in [0.05, 0.1) is 0 Å². The van der Waals surface area contributed by atoms with Crippen LogP contribution in [0.15, 0.2) is 12.4 Å². The summed E-state index contributed by atoms with van der Waals surface area (Å²) in [6, 6.07) is 0.